The Balaban J connectivity index is 0.000000182. The Hall–Kier alpha value is -4.47. The second-order valence-electron chi connectivity index (χ2n) is 6.34. The molecule has 0 atom stereocenters. The number of ketones is 1. The quantitative estimate of drug-likeness (QED) is 0.571. The molecule has 0 saturated carbocycles. The molecule has 2 aromatic carbocycles. The van der Waals surface area contributed by atoms with E-state index >= 15 is 0 Å². The molecule has 2 heterocycles. The van der Waals surface area contributed by atoms with Crippen LogP contribution in [-0.4, -0.2) is 44.5 Å². The van der Waals surface area contributed by atoms with Gasteiger partial charge in [-0.25, -0.2) is 0 Å². The number of hydrogen-bond acceptors (Lipinski definition) is 10. The number of aromatic nitrogens is 4. The first-order chi connectivity index (χ1) is 15.6. The van der Waals surface area contributed by atoms with Crippen molar-refractivity contribution in [2.75, 3.05) is 6.61 Å². The highest BCUT2D eigenvalue weighted by Crippen LogP contribution is 2.12. The summed E-state index contributed by atoms with van der Waals surface area (Å²) < 4.78 is 5.17. The van der Waals surface area contributed by atoms with Gasteiger partial charge in [0, 0.05) is 18.1 Å². The average Bonchev–Trinajstić information content (AvgIpc) is 2.86. The number of rotatable bonds is 6. The average molecular weight is 430 g/mol. The van der Waals surface area contributed by atoms with Gasteiger partial charge >= 0.3 is 0 Å². The summed E-state index contributed by atoms with van der Waals surface area (Å²) in [6.45, 7) is 7.50. The van der Waals surface area contributed by atoms with E-state index in [1.807, 2.05) is 67.6 Å². The van der Waals surface area contributed by atoms with Crippen LogP contribution in [0.2, 0.25) is 0 Å². The first kappa shape index (κ1) is 22.2. The summed E-state index contributed by atoms with van der Waals surface area (Å²) in [6.07, 6.45) is 0. The molecule has 1 aromatic heterocycles. The number of carbonyl (C=O) groups excluding carboxylic acids is 1. The summed E-state index contributed by atoms with van der Waals surface area (Å²) >= 11 is 0. The molecule has 1 aliphatic heterocycles. The van der Waals surface area contributed by atoms with Crippen LogP contribution >= 0.6 is 0 Å². The van der Waals surface area contributed by atoms with Crippen molar-refractivity contribution < 1.29 is 9.53 Å². The zero-order valence-electron chi connectivity index (χ0n) is 17.7. The minimum absolute atomic E-state index is 0.154. The molecule has 0 aliphatic carbocycles. The molecule has 162 valence electrons. The van der Waals surface area contributed by atoms with E-state index in [1.165, 1.54) is 6.92 Å². The molecule has 0 bridgehead atoms. The summed E-state index contributed by atoms with van der Waals surface area (Å²) in [6, 6.07) is 19.1. The van der Waals surface area contributed by atoms with Crippen LogP contribution < -0.4 is 10.9 Å². The number of benzene rings is 2. The standard InChI is InChI=1S/C12H12N4O.C10H10N4O/c1-3-17-9(2)11-13-15-12(16-14-11)10-7-5-4-6-8-10;1-7(15)9-11-13-10(14-12-9)8-5-3-2-4-6-8/h4-8H,2-3H2,1H3;2-6H,1H3,(H,11,12)(H,13,14). The van der Waals surface area contributed by atoms with Crippen LogP contribution in [0.3, 0.4) is 0 Å². The lowest BCUT2D eigenvalue weighted by Gasteiger charge is -2.12. The smallest absolute Gasteiger partial charge is 0.237 e. The van der Waals surface area contributed by atoms with Crippen molar-refractivity contribution in [2.45, 2.75) is 13.8 Å². The molecule has 0 saturated heterocycles. The minimum Gasteiger partial charge on any atom is -0.490 e. The van der Waals surface area contributed by atoms with Crippen LogP contribution in [0.5, 0.6) is 0 Å². The van der Waals surface area contributed by atoms with Gasteiger partial charge in [0.05, 0.1) is 6.61 Å². The Kier molecular flexibility index (Phi) is 7.68. The molecule has 4 rings (SSSR count). The summed E-state index contributed by atoms with van der Waals surface area (Å²) in [5.74, 6) is 1.84. The predicted molar refractivity (Wildman–Crippen MR) is 121 cm³/mol. The van der Waals surface area contributed by atoms with Gasteiger partial charge in [-0.3, -0.25) is 15.6 Å². The summed E-state index contributed by atoms with van der Waals surface area (Å²) in [4.78, 5) is 10.9. The third-order valence-corrected chi connectivity index (χ3v) is 4.01. The number of amidine groups is 2. The van der Waals surface area contributed by atoms with E-state index in [4.69, 9.17) is 4.74 Å². The fourth-order valence-electron chi connectivity index (χ4n) is 2.43. The Morgan fingerprint density at radius 1 is 0.875 bits per heavy atom. The molecule has 0 fully saturated rings. The van der Waals surface area contributed by atoms with Crippen LogP contribution in [0, 0.1) is 0 Å². The lowest BCUT2D eigenvalue weighted by molar-refractivity contribution is -0.111. The van der Waals surface area contributed by atoms with E-state index in [-0.39, 0.29) is 11.6 Å². The maximum Gasteiger partial charge on any atom is 0.237 e. The van der Waals surface area contributed by atoms with E-state index in [0.29, 0.717) is 29.9 Å². The number of Topliss-reactive ketones (excluding diaryl/α,β-unsaturated/α-hetero) is 1. The van der Waals surface area contributed by atoms with Crippen molar-refractivity contribution in [3.8, 4) is 11.4 Å². The Morgan fingerprint density at radius 3 is 1.97 bits per heavy atom. The van der Waals surface area contributed by atoms with Gasteiger partial charge in [0.25, 0.3) is 0 Å². The number of carbonyl (C=O) groups is 1. The van der Waals surface area contributed by atoms with Gasteiger partial charge in [0.1, 0.15) is 0 Å². The van der Waals surface area contributed by atoms with E-state index in [9.17, 15) is 4.79 Å². The predicted octanol–water partition coefficient (Wildman–Crippen LogP) is 2.38. The van der Waals surface area contributed by atoms with Gasteiger partial charge in [-0.2, -0.15) is 10.2 Å². The van der Waals surface area contributed by atoms with Crippen molar-refractivity contribution in [1.82, 2.24) is 31.2 Å². The normalized spacial score (nSPS) is 12.1. The second kappa shape index (κ2) is 11.1. The number of hydrazone groups is 2. The van der Waals surface area contributed by atoms with E-state index in [2.05, 4.69) is 48.0 Å². The van der Waals surface area contributed by atoms with Gasteiger partial charge < -0.3 is 4.74 Å². The molecule has 2 N–H and O–H groups in total. The molecule has 0 unspecified atom stereocenters. The van der Waals surface area contributed by atoms with Gasteiger partial charge in [0.2, 0.25) is 17.5 Å². The highest BCUT2D eigenvalue weighted by molar-refractivity contribution is 6.38. The van der Waals surface area contributed by atoms with Gasteiger partial charge in [-0.15, -0.1) is 20.4 Å². The minimum atomic E-state index is -0.154. The third kappa shape index (κ3) is 6.02. The maximum atomic E-state index is 10.9. The van der Waals surface area contributed by atoms with Crippen LogP contribution in [0.1, 0.15) is 25.2 Å². The van der Waals surface area contributed by atoms with E-state index in [1.54, 1.807) is 0 Å². The molecule has 32 heavy (non-hydrogen) atoms. The van der Waals surface area contributed by atoms with Crippen molar-refractivity contribution >= 4 is 23.2 Å². The van der Waals surface area contributed by atoms with Crippen molar-refractivity contribution in [1.29, 1.82) is 0 Å². The zero-order valence-corrected chi connectivity index (χ0v) is 17.7. The van der Waals surface area contributed by atoms with Gasteiger partial charge in [-0.05, 0) is 6.92 Å². The molecule has 10 nitrogen and oxygen atoms in total. The van der Waals surface area contributed by atoms with Crippen LogP contribution in [0.4, 0.5) is 0 Å². The number of hydrogen-bond donors (Lipinski definition) is 2. The number of nitrogens with zero attached hydrogens (tertiary/aromatic N) is 6. The second-order valence-corrected chi connectivity index (χ2v) is 6.34. The van der Waals surface area contributed by atoms with Gasteiger partial charge in [0.15, 0.2) is 17.4 Å². The van der Waals surface area contributed by atoms with E-state index < -0.39 is 0 Å². The SMILES string of the molecule is C=C(OCC)c1nnc(-c2ccccc2)nn1.CC(=O)C1=NNC(c2ccccc2)=NN1. The largest absolute Gasteiger partial charge is 0.490 e. The molecular weight excluding hydrogens is 408 g/mol. The molecule has 0 amide bonds. The third-order valence-electron chi connectivity index (χ3n) is 4.01. The molecule has 10 heteroatoms. The first-order valence-corrected chi connectivity index (χ1v) is 9.77. The van der Waals surface area contributed by atoms with Crippen molar-refractivity contribution in [2.24, 2.45) is 10.2 Å². The molecule has 0 radical (unpaired) electrons. The maximum absolute atomic E-state index is 10.9. The first-order valence-electron chi connectivity index (χ1n) is 9.77. The summed E-state index contributed by atoms with van der Waals surface area (Å²) in [5.41, 5.74) is 7.10. The molecular formula is C22H22N8O2. The fraction of sp³-hybridized carbons (Fsp3) is 0.136. The molecule has 3 aromatic rings. The topological polar surface area (TPSA) is 127 Å². The van der Waals surface area contributed by atoms with Crippen LogP contribution in [-0.2, 0) is 9.53 Å². The summed E-state index contributed by atoms with van der Waals surface area (Å²) in [5, 5.41) is 23.7. The number of ether oxygens (including phenoxy) is 1. The van der Waals surface area contributed by atoms with Crippen LogP contribution in [0.15, 0.2) is 77.4 Å². The Bertz CT molecular complexity index is 1110. The van der Waals surface area contributed by atoms with Crippen LogP contribution in [0.25, 0.3) is 17.1 Å². The Morgan fingerprint density at radius 2 is 1.47 bits per heavy atom. The zero-order chi connectivity index (χ0) is 22.8. The molecule has 0 spiro atoms. The monoisotopic (exact) mass is 430 g/mol. The fourth-order valence-corrected chi connectivity index (χ4v) is 2.43. The van der Waals surface area contributed by atoms with E-state index in [0.717, 1.165) is 11.1 Å². The lowest BCUT2D eigenvalue weighted by atomic mass is 10.2. The highest BCUT2D eigenvalue weighted by Gasteiger charge is 2.12. The summed E-state index contributed by atoms with van der Waals surface area (Å²) in [7, 11) is 0. The van der Waals surface area contributed by atoms with Crippen molar-refractivity contribution in [3.05, 3.63) is 78.6 Å². The lowest BCUT2D eigenvalue weighted by Crippen LogP contribution is -2.37. The van der Waals surface area contributed by atoms with Gasteiger partial charge in [-0.1, -0.05) is 67.2 Å². The van der Waals surface area contributed by atoms with Crippen molar-refractivity contribution in [3.63, 3.8) is 0 Å². The molecule has 1 aliphatic rings. The Labute approximate surface area is 185 Å². The highest BCUT2D eigenvalue weighted by atomic mass is 16.5. The number of nitrogens with one attached hydrogen (secondary N) is 2.